The minimum atomic E-state index is -3.03. The van der Waals surface area contributed by atoms with Gasteiger partial charge in [-0.25, -0.2) is 19.2 Å². The van der Waals surface area contributed by atoms with Gasteiger partial charge in [0.25, 0.3) is 0 Å². The number of hydrogen-bond donors (Lipinski definition) is 0. The van der Waals surface area contributed by atoms with Crippen molar-refractivity contribution in [1.82, 2.24) is 0 Å². The molecule has 0 bridgehead atoms. The Bertz CT molecular complexity index is 982. The predicted molar refractivity (Wildman–Crippen MR) is 187 cm³/mol. The van der Waals surface area contributed by atoms with Gasteiger partial charge in [-0.1, -0.05) is 117 Å². The maximum absolute atomic E-state index is 12.3. The second-order valence-electron chi connectivity index (χ2n) is 9.97. The molecular formula is C37H54CaO12. The normalized spacial score (nSPS) is 12.1. The number of allylic oxidation sites excluding steroid dienone is 6. The Morgan fingerprint density at radius 1 is 0.400 bits per heavy atom. The van der Waals surface area contributed by atoms with Crippen LogP contribution in [0.15, 0.2) is 72.9 Å². The van der Waals surface area contributed by atoms with Crippen LogP contribution in [0.4, 0.5) is 0 Å². The molecule has 0 aromatic rings. The smallest absolute Gasteiger partial charge is 0.545 e. The summed E-state index contributed by atoms with van der Waals surface area (Å²) in [7, 11) is 0. The van der Waals surface area contributed by atoms with E-state index in [1.54, 1.807) is 12.2 Å². The molecule has 0 aromatic heterocycles. The third-order valence-corrected chi connectivity index (χ3v) is 5.16. The maximum atomic E-state index is 12.3. The zero-order valence-electron chi connectivity index (χ0n) is 30.5. The topological polar surface area (TPSA) is 185 Å². The quantitative estimate of drug-likeness (QED) is 0.0629. The van der Waals surface area contributed by atoms with Crippen molar-refractivity contribution in [3.05, 3.63) is 72.9 Å². The average molecular weight is 731 g/mol. The number of aliphatic carboxylic acids is 2. The van der Waals surface area contributed by atoms with Crippen molar-refractivity contribution < 1.29 is 57.9 Å². The van der Waals surface area contributed by atoms with Crippen LogP contribution < -0.4 is 10.2 Å². The zero-order valence-corrected chi connectivity index (χ0v) is 32.7. The van der Waals surface area contributed by atoms with E-state index < -0.39 is 42.0 Å². The largest absolute Gasteiger partial charge is 2.00 e. The molecule has 0 saturated carbocycles. The van der Waals surface area contributed by atoms with Crippen LogP contribution in [0.25, 0.3) is 0 Å². The molecule has 276 valence electrons. The first-order chi connectivity index (χ1) is 23.4. The first kappa shape index (κ1) is 53.3. The Labute approximate surface area is 327 Å². The molecule has 0 aromatic carbocycles. The number of carboxylic acid groups (broad SMARTS) is 2. The van der Waals surface area contributed by atoms with Gasteiger partial charge in [-0.05, 0) is 50.7 Å². The second kappa shape index (κ2) is 38.3. The van der Waals surface area contributed by atoms with Gasteiger partial charge in [-0.3, -0.25) is 0 Å². The Morgan fingerprint density at radius 3 is 0.740 bits per heavy atom. The van der Waals surface area contributed by atoms with Gasteiger partial charge in [0, 0.05) is 24.3 Å². The van der Waals surface area contributed by atoms with Gasteiger partial charge >= 0.3 is 67.8 Å². The number of rotatable bonds is 22. The molecule has 0 unspecified atom stereocenters. The fraction of sp³-hybridized carbons (Fsp3) is 0.514. The number of hydrogen-bond acceptors (Lipinski definition) is 12. The molecular weight excluding hydrogens is 676 g/mol. The minimum Gasteiger partial charge on any atom is -0.545 e. The molecule has 0 heterocycles. The monoisotopic (exact) mass is 730 g/mol. The van der Waals surface area contributed by atoms with E-state index in [1.165, 1.54) is 24.3 Å². The molecule has 0 atom stereocenters. The molecule has 0 spiro atoms. The first-order valence-corrected chi connectivity index (χ1v) is 16.7. The van der Waals surface area contributed by atoms with Crippen molar-refractivity contribution >= 4 is 73.6 Å². The van der Waals surface area contributed by atoms with E-state index in [1.807, 2.05) is 41.5 Å². The SMILES string of the molecule is CCCC=CC(=O)OC(OC(=O)C=CCCC)(OC(=O)C=CCCC)OC(=O)C=CCCC.CCCC=CC(=O)[O-].CCCC=CC(=O)[O-].[Ca+2]. The molecule has 13 heteroatoms. The van der Waals surface area contributed by atoms with Crippen molar-refractivity contribution in [3.63, 3.8) is 0 Å². The van der Waals surface area contributed by atoms with Crippen LogP contribution in [0.2, 0.25) is 0 Å². The van der Waals surface area contributed by atoms with Crippen molar-refractivity contribution in [2.45, 2.75) is 125 Å². The van der Waals surface area contributed by atoms with Crippen LogP contribution in [0.1, 0.15) is 119 Å². The molecule has 50 heavy (non-hydrogen) atoms. The summed E-state index contributed by atoms with van der Waals surface area (Å²) in [6.07, 6.45) is 21.7. The molecule has 0 aliphatic carbocycles. The van der Waals surface area contributed by atoms with Gasteiger partial charge in [0.15, 0.2) is 0 Å². The number of unbranched alkanes of at least 4 members (excludes halogenated alkanes) is 6. The third kappa shape index (κ3) is 39.0. The summed E-state index contributed by atoms with van der Waals surface area (Å²) in [6, 6.07) is 0. The molecule has 0 aliphatic heterocycles. The summed E-state index contributed by atoms with van der Waals surface area (Å²) < 4.78 is 20.2. The molecule has 0 N–H and O–H groups in total. The van der Waals surface area contributed by atoms with Crippen LogP contribution in [-0.2, 0) is 47.7 Å². The van der Waals surface area contributed by atoms with E-state index in [0.29, 0.717) is 25.7 Å². The number of carboxylic acids is 2. The van der Waals surface area contributed by atoms with Gasteiger partial charge in [0.1, 0.15) is 0 Å². The Morgan fingerprint density at radius 2 is 0.580 bits per heavy atom. The van der Waals surface area contributed by atoms with Crippen molar-refractivity contribution in [1.29, 1.82) is 0 Å². The molecule has 0 fully saturated rings. The molecule has 0 amide bonds. The van der Waals surface area contributed by atoms with Crippen LogP contribution in [-0.4, -0.2) is 79.7 Å². The summed E-state index contributed by atoms with van der Waals surface area (Å²) in [4.78, 5) is 68.6. The van der Waals surface area contributed by atoms with Gasteiger partial charge in [-0.15, -0.1) is 0 Å². The van der Waals surface area contributed by atoms with Gasteiger partial charge in [0.2, 0.25) is 0 Å². The molecule has 0 rings (SSSR count). The summed E-state index contributed by atoms with van der Waals surface area (Å²) >= 11 is 0. The van der Waals surface area contributed by atoms with Gasteiger partial charge in [0.05, 0.1) is 11.9 Å². The molecule has 0 aliphatic rings. The standard InChI is InChI=1S/C25H36O8.2C6H10O2.Ca/c1-5-9-13-17-21(26)30-25(31-22(27)18-14-10-6-2,32-23(28)19-15-11-7-3)33-24(29)20-16-12-8-4;2*1-2-3-4-5-6(7)8;/h13-20H,5-12H2,1-4H3;2*4-5H,2-3H2,1H3,(H,7,8);/q;;;+2/p-2. The van der Waals surface area contributed by atoms with Crippen molar-refractivity contribution in [3.8, 4) is 0 Å². The van der Waals surface area contributed by atoms with Gasteiger partial charge in [-0.2, -0.15) is 0 Å². The van der Waals surface area contributed by atoms with E-state index in [0.717, 1.165) is 87.8 Å². The van der Waals surface area contributed by atoms with Crippen LogP contribution in [0.3, 0.4) is 0 Å². The maximum Gasteiger partial charge on any atom is 2.00 e. The Balaban J connectivity index is -0.000000510. The summed E-state index contributed by atoms with van der Waals surface area (Å²) in [5, 5.41) is 19.4. The van der Waals surface area contributed by atoms with Crippen LogP contribution in [0.5, 0.6) is 0 Å². The predicted octanol–water partition coefficient (Wildman–Crippen LogP) is 5.00. The van der Waals surface area contributed by atoms with E-state index >= 15 is 0 Å². The summed E-state index contributed by atoms with van der Waals surface area (Å²) in [5.74, 6) is -6.32. The summed E-state index contributed by atoms with van der Waals surface area (Å²) in [5.41, 5.74) is 0. The van der Waals surface area contributed by atoms with Crippen molar-refractivity contribution in [2.24, 2.45) is 0 Å². The number of carbonyl (C=O) groups excluding carboxylic acids is 6. The third-order valence-electron chi connectivity index (χ3n) is 5.16. The number of carbonyl (C=O) groups is 6. The minimum absolute atomic E-state index is 0. The summed E-state index contributed by atoms with van der Waals surface area (Å²) in [6.45, 7) is 11.6. The van der Waals surface area contributed by atoms with E-state index in [-0.39, 0.29) is 37.7 Å². The Kier molecular flexibility index (Phi) is 40.9. The van der Waals surface area contributed by atoms with E-state index in [9.17, 15) is 39.0 Å². The Hall–Kier alpha value is -3.48. The zero-order chi connectivity index (χ0) is 37.8. The molecule has 0 saturated heterocycles. The molecule has 0 radical (unpaired) electrons. The van der Waals surface area contributed by atoms with E-state index in [2.05, 4.69) is 0 Å². The number of ether oxygens (including phenoxy) is 4. The molecule has 12 nitrogen and oxygen atoms in total. The van der Waals surface area contributed by atoms with E-state index in [4.69, 9.17) is 18.9 Å². The average Bonchev–Trinajstić information content (AvgIpc) is 3.02. The fourth-order valence-corrected chi connectivity index (χ4v) is 2.83. The second-order valence-corrected chi connectivity index (χ2v) is 9.97. The number of esters is 4. The fourth-order valence-electron chi connectivity index (χ4n) is 2.83. The first-order valence-electron chi connectivity index (χ1n) is 16.7. The van der Waals surface area contributed by atoms with Crippen molar-refractivity contribution in [2.75, 3.05) is 0 Å². The van der Waals surface area contributed by atoms with Gasteiger partial charge < -0.3 is 38.7 Å². The van der Waals surface area contributed by atoms with Crippen LogP contribution in [0, 0.1) is 0 Å². The van der Waals surface area contributed by atoms with Crippen LogP contribution >= 0.6 is 0 Å².